The summed E-state index contributed by atoms with van der Waals surface area (Å²) < 4.78 is 5.35. The van der Waals surface area contributed by atoms with Crippen LogP contribution in [0.4, 0.5) is 0 Å². The molecule has 0 bridgehead atoms. The predicted octanol–water partition coefficient (Wildman–Crippen LogP) is 2.55. The molecule has 6 heteroatoms. The molecule has 0 amide bonds. The topological polar surface area (TPSA) is 76.7 Å². The van der Waals surface area contributed by atoms with Crippen molar-refractivity contribution in [1.82, 2.24) is 25.4 Å². The first kappa shape index (κ1) is 15.6. The summed E-state index contributed by atoms with van der Waals surface area (Å²) in [6, 6.07) is 2.18. The summed E-state index contributed by atoms with van der Waals surface area (Å²) in [5, 5.41) is 7.54. The molecule has 2 rings (SSSR count). The van der Waals surface area contributed by atoms with Crippen molar-refractivity contribution in [2.75, 3.05) is 6.54 Å². The quantitative estimate of drug-likeness (QED) is 0.804. The van der Waals surface area contributed by atoms with Crippen molar-refractivity contribution in [2.24, 2.45) is 0 Å². The van der Waals surface area contributed by atoms with Crippen molar-refractivity contribution in [3.05, 3.63) is 24.0 Å². The predicted molar refractivity (Wildman–Crippen MR) is 80.8 cm³/mol. The molecule has 21 heavy (non-hydrogen) atoms. The molecule has 0 aliphatic rings. The minimum atomic E-state index is 0.385. The van der Waals surface area contributed by atoms with Crippen molar-refractivity contribution in [2.45, 2.75) is 52.5 Å². The Labute approximate surface area is 125 Å². The Morgan fingerprint density at radius 3 is 2.81 bits per heavy atom. The van der Waals surface area contributed by atoms with E-state index in [2.05, 4.69) is 39.3 Å². The smallest absolute Gasteiger partial charge is 0.228 e. The highest BCUT2D eigenvalue weighted by molar-refractivity contribution is 5.46. The zero-order valence-electron chi connectivity index (χ0n) is 13.0. The lowest BCUT2D eigenvalue weighted by Crippen LogP contribution is -2.31. The van der Waals surface area contributed by atoms with E-state index in [1.807, 2.05) is 6.92 Å². The van der Waals surface area contributed by atoms with Crippen molar-refractivity contribution in [3.63, 3.8) is 0 Å². The van der Waals surface area contributed by atoms with Crippen LogP contribution in [0.15, 0.2) is 16.8 Å². The van der Waals surface area contributed by atoms with E-state index in [4.69, 9.17) is 4.52 Å². The van der Waals surface area contributed by atoms with Crippen LogP contribution < -0.4 is 5.32 Å². The number of hydrogen-bond acceptors (Lipinski definition) is 6. The number of aryl methyl sites for hydroxylation is 1. The van der Waals surface area contributed by atoms with Gasteiger partial charge in [-0.2, -0.15) is 4.98 Å². The van der Waals surface area contributed by atoms with E-state index in [0.717, 1.165) is 32.2 Å². The number of rotatable bonds is 8. The molecule has 2 aromatic rings. The first-order valence-corrected chi connectivity index (χ1v) is 7.59. The van der Waals surface area contributed by atoms with Gasteiger partial charge in [-0.05, 0) is 32.4 Å². The standard InChI is InChI=1S/C15H23N5O/c1-4-6-12(17-8-5-2)10-14-19-15(20-21-14)13-7-9-16-11(3)18-13/h7,9,12,17H,4-6,8,10H2,1-3H3. The molecule has 0 aliphatic heterocycles. The van der Waals surface area contributed by atoms with Crippen LogP contribution in [-0.2, 0) is 6.42 Å². The Balaban J connectivity index is 2.04. The second kappa shape index (κ2) is 7.83. The summed E-state index contributed by atoms with van der Waals surface area (Å²) in [5.41, 5.74) is 0.700. The molecule has 1 atom stereocenters. The zero-order valence-corrected chi connectivity index (χ0v) is 13.0. The van der Waals surface area contributed by atoms with Crippen molar-refractivity contribution in [3.8, 4) is 11.5 Å². The Morgan fingerprint density at radius 1 is 1.24 bits per heavy atom. The number of nitrogens with one attached hydrogen (secondary N) is 1. The maximum atomic E-state index is 5.35. The molecule has 0 aliphatic carbocycles. The fourth-order valence-corrected chi connectivity index (χ4v) is 2.21. The van der Waals surface area contributed by atoms with Crippen LogP contribution >= 0.6 is 0 Å². The van der Waals surface area contributed by atoms with Crippen LogP contribution in [0.3, 0.4) is 0 Å². The van der Waals surface area contributed by atoms with E-state index >= 15 is 0 Å². The third kappa shape index (κ3) is 4.60. The highest BCUT2D eigenvalue weighted by Gasteiger charge is 2.15. The zero-order chi connectivity index (χ0) is 15.1. The Bertz CT molecular complexity index is 555. The second-order valence-electron chi connectivity index (χ2n) is 5.14. The highest BCUT2D eigenvalue weighted by atomic mass is 16.5. The first-order valence-electron chi connectivity index (χ1n) is 7.59. The van der Waals surface area contributed by atoms with Gasteiger partial charge in [-0.25, -0.2) is 9.97 Å². The van der Waals surface area contributed by atoms with Gasteiger partial charge in [-0.15, -0.1) is 0 Å². The van der Waals surface area contributed by atoms with Gasteiger partial charge in [-0.1, -0.05) is 25.4 Å². The highest BCUT2D eigenvalue weighted by Crippen LogP contribution is 2.14. The van der Waals surface area contributed by atoms with Gasteiger partial charge < -0.3 is 9.84 Å². The SMILES string of the molecule is CCCNC(CCC)Cc1nc(-c2ccnc(C)n2)no1. The average Bonchev–Trinajstić information content (AvgIpc) is 2.93. The summed E-state index contributed by atoms with van der Waals surface area (Å²) >= 11 is 0. The molecule has 1 N–H and O–H groups in total. The van der Waals surface area contributed by atoms with E-state index in [-0.39, 0.29) is 0 Å². The molecule has 114 valence electrons. The van der Waals surface area contributed by atoms with Gasteiger partial charge in [0.15, 0.2) is 0 Å². The van der Waals surface area contributed by atoms with Crippen LogP contribution in [0.25, 0.3) is 11.5 Å². The van der Waals surface area contributed by atoms with Crippen molar-refractivity contribution in [1.29, 1.82) is 0 Å². The van der Waals surface area contributed by atoms with Crippen LogP contribution in [0.5, 0.6) is 0 Å². The average molecular weight is 289 g/mol. The van der Waals surface area contributed by atoms with Crippen LogP contribution in [0.2, 0.25) is 0 Å². The molecule has 1 unspecified atom stereocenters. The summed E-state index contributed by atoms with van der Waals surface area (Å²) in [6.45, 7) is 7.20. The minimum Gasteiger partial charge on any atom is -0.339 e. The molecule has 2 heterocycles. The molecule has 0 radical (unpaired) electrons. The summed E-state index contributed by atoms with van der Waals surface area (Å²) in [4.78, 5) is 12.8. The van der Waals surface area contributed by atoms with E-state index in [1.54, 1.807) is 12.3 Å². The lowest BCUT2D eigenvalue weighted by Gasteiger charge is -2.15. The Morgan fingerprint density at radius 2 is 2.10 bits per heavy atom. The molecule has 0 fully saturated rings. The van der Waals surface area contributed by atoms with E-state index in [1.165, 1.54) is 0 Å². The van der Waals surface area contributed by atoms with Crippen LogP contribution in [-0.4, -0.2) is 32.7 Å². The fraction of sp³-hybridized carbons (Fsp3) is 0.600. The van der Waals surface area contributed by atoms with Gasteiger partial charge in [0.1, 0.15) is 11.5 Å². The van der Waals surface area contributed by atoms with Gasteiger partial charge in [-0.3, -0.25) is 0 Å². The van der Waals surface area contributed by atoms with Crippen molar-refractivity contribution >= 4 is 0 Å². The normalized spacial score (nSPS) is 12.5. The third-order valence-electron chi connectivity index (χ3n) is 3.21. The molecular formula is C15H23N5O. The van der Waals surface area contributed by atoms with Gasteiger partial charge in [0, 0.05) is 18.7 Å². The van der Waals surface area contributed by atoms with Gasteiger partial charge in [0.2, 0.25) is 11.7 Å². The molecule has 0 saturated heterocycles. The monoisotopic (exact) mass is 289 g/mol. The van der Waals surface area contributed by atoms with Gasteiger partial charge in [0.05, 0.1) is 0 Å². The summed E-state index contributed by atoms with van der Waals surface area (Å²) in [7, 11) is 0. The Kier molecular flexibility index (Phi) is 5.80. The molecule has 0 aromatic carbocycles. The first-order chi connectivity index (χ1) is 10.2. The molecule has 6 nitrogen and oxygen atoms in total. The molecular weight excluding hydrogens is 266 g/mol. The number of aromatic nitrogens is 4. The third-order valence-corrected chi connectivity index (χ3v) is 3.21. The van der Waals surface area contributed by atoms with E-state index in [9.17, 15) is 0 Å². The lowest BCUT2D eigenvalue weighted by atomic mass is 10.1. The van der Waals surface area contributed by atoms with Crippen LogP contribution in [0, 0.1) is 6.92 Å². The van der Waals surface area contributed by atoms with Gasteiger partial charge >= 0.3 is 0 Å². The lowest BCUT2D eigenvalue weighted by molar-refractivity contribution is 0.350. The number of nitrogens with zero attached hydrogens (tertiary/aromatic N) is 4. The fourth-order valence-electron chi connectivity index (χ4n) is 2.21. The molecule has 0 spiro atoms. The van der Waals surface area contributed by atoms with Gasteiger partial charge in [0.25, 0.3) is 0 Å². The van der Waals surface area contributed by atoms with Crippen LogP contribution in [0.1, 0.15) is 44.8 Å². The summed E-state index contributed by atoms with van der Waals surface area (Å²) in [5.74, 6) is 1.89. The second-order valence-corrected chi connectivity index (χ2v) is 5.14. The maximum Gasteiger partial charge on any atom is 0.228 e. The minimum absolute atomic E-state index is 0.385. The number of hydrogen-bond donors (Lipinski definition) is 1. The maximum absolute atomic E-state index is 5.35. The Hall–Kier alpha value is -1.82. The van der Waals surface area contributed by atoms with E-state index in [0.29, 0.717) is 29.3 Å². The largest absolute Gasteiger partial charge is 0.339 e. The molecule has 2 aromatic heterocycles. The van der Waals surface area contributed by atoms with E-state index < -0.39 is 0 Å². The van der Waals surface area contributed by atoms with Crippen molar-refractivity contribution < 1.29 is 4.52 Å². The summed E-state index contributed by atoms with van der Waals surface area (Å²) in [6.07, 6.45) is 5.81. The molecule has 0 saturated carbocycles.